The van der Waals surface area contributed by atoms with Gasteiger partial charge in [0.2, 0.25) is 5.16 Å². The van der Waals surface area contributed by atoms with Crippen LogP contribution in [0.1, 0.15) is 26.2 Å². The lowest BCUT2D eigenvalue weighted by Gasteiger charge is -2.04. The van der Waals surface area contributed by atoms with E-state index < -0.39 is 0 Å². The van der Waals surface area contributed by atoms with E-state index in [1.807, 2.05) is 4.68 Å². The zero-order chi connectivity index (χ0) is 11.2. The normalized spacial score (nSPS) is 15.6. The first kappa shape index (κ1) is 11.9. The molecule has 1 saturated carbocycles. The van der Waals surface area contributed by atoms with Crippen LogP contribution in [0.4, 0.5) is 0 Å². The molecule has 1 N–H and O–H groups in total. The Balaban J connectivity index is 1.71. The Morgan fingerprint density at radius 3 is 3.06 bits per heavy atom. The molecule has 2 rings (SSSR count). The lowest BCUT2D eigenvalue weighted by Crippen LogP contribution is -2.21. The molecule has 1 aromatic heterocycles. The van der Waals surface area contributed by atoms with Crippen molar-refractivity contribution in [3.8, 4) is 0 Å². The highest BCUT2D eigenvalue weighted by atomic mass is 32.2. The van der Waals surface area contributed by atoms with Gasteiger partial charge in [0.1, 0.15) is 0 Å². The maximum Gasteiger partial charge on any atom is 0.209 e. The lowest BCUT2D eigenvalue weighted by molar-refractivity contribution is 0.510. The lowest BCUT2D eigenvalue weighted by atomic mass is 10.5. The van der Waals surface area contributed by atoms with Gasteiger partial charge in [-0.05, 0) is 42.2 Å². The highest BCUT2D eigenvalue weighted by Crippen LogP contribution is 2.34. The fourth-order valence-electron chi connectivity index (χ4n) is 1.40. The molecule has 1 aliphatic carbocycles. The molecule has 1 heterocycles. The van der Waals surface area contributed by atoms with Gasteiger partial charge in [0.05, 0.1) is 6.54 Å². The van der Waals surface area contributed by atoms with Crippen molar-refractivity contribution in [2.24, 2.45) is 5.92 Å². The summed E-state index contributed by atoms with van der Waals surface area (Å²) in [6, 6.07) is 0. The molecule has 0 atom stereocenters. The van der Waals surface area contributed by atoms with Gasteiger partial charge in [-0.2, -0.15) is 0 Å². The van der Waals surface area contributed by atoms with Crippen LogP contribution < -0.4 is 5.32 Å². The van der Waals surface area contributed by atoms with E-state index in [-0.39, 0.29) is 0 Å². The third-order valence-corrected chi connectivity index (χ3v) is 3.76. The maximum atomic E-state index is 4.05. The molecule has 0 spiro atoms. The molecule has 0 aliphatic heterocycles. The van der Waals surface area contributed by atoms with Gasteiger partial charge in [-0.1, -0.05) is 18.7 Å². The Bertz CT molecular complexity index is 310. The second kappa shape index (κ2) is 6.20. The first-order chi connectivity index (χ1) is 7.90. The summed E-state index contributed by atoms with van der Waals surface area (Å²) in [5.74, 6) is 2.08. The summed E-state index contributed by atoms with van der Waals surface area (Å²) in [5.41, 5.74) is 0. The van der Waals surface area contributed by atoms with Gasteiger partial charge >= 0.3 is 0 Å². The van der Waals surface area contributed by atoms with E-state index in [1.165, 1.54) is 25.0 Å². The van der Waals surface area contributed by atoms with Crippen LogP contribution in [0.5, 0.6) is 0 Å². The Kier molecular flexibility index (Phi) is 4.59. The predicted molar refractivity (Wildman–Crippen MR) is 64.4 cm³/mol. The Morgan fingerprint density at radius 1 is 1.44 bits per heavy atom. The largest absolute Gasteiger partial charge is 0.315 e. The molecule has 5 nitrogen and oxygen atoms in total. The fourth-order valence-corrected chi connectivity index (χ4v) is 2.49. The maximum absolute atomic E-state index is 4.05. The number of tetrazole rings is 1. The quantitative estimate of drug-likeness (QED) is 0.547. The molecule has 0 aromatic carbocycles. The summed E-state index contributed by atoms with van der Waals surface area (Å²) in [4.78, 5) is 0. The third kappa shape index (κ3) is 3.75. The molecule has 0 radical (unpaired) electrons. The van der Waals surface area contributed by atoms with Gasteiger partial charge in [0.25, 0.3) is 0 Å². The van der Waals surface area contributed by atoms with Crippen molar-refractivity contribution < 1.29 is 0 Å². The van der Waals surface area contributed by atoms with Gasteiger partial charge < -0.3 is 5.32 Å². The molecule has 16 heavy (non-hydrogen) atoms. The second-order valence-corrected chi connectivity index (χ2v) is 5.18. The smallest absolute Gasteiger partial charge is 0.209 e. The van der Waals surface area contributed by atoms with E-state index in [9.17, 15) is 0 Å². The molecule has 6 heteroatoms. The van der Waals surface area contributed by atoms with E-state index in [2.05, 4.69) is 27.8 Å². The number of nitrogens with one attached hydrogen (secondary N) is 1. The standard InChI is InChI=1S/C10H19N5S/c1-2-5-11-6-7-15-10(12-13-14-15)16-8-9-3-4-9/h9,11H,2-8H2,1H3. The minimum atomic E-state index is 0.861. The van der Waals surface area contributed by atoms with Crippen LogP contribution in [0.3, 0.4) is 0 Å². The molecule has 1 fully saturated rings. The predicted octanol–water partition coefficient (Wildman–Crippen LogP) is 1.17. The number of aromatic nitrogens is 4. The Labute approximate surface area is 100 Å². The van der Waals surface area contributed by atoms with Crippen molar-refractivity contribution in [1.29, 1.82) is 0 Å². The van der Waals surface area contributed by atoms with Crippen LogP contribution in [0, 0.1) is 5.92 Å². The number of thioether (sulfide) groups is 1. The van der Waals surface area contributed by atoms with Gasteiger partial charge in [-0.3, -0.25) is 0 Å². The van der Waals surface area contributed by atoms with Crippen molar-refractivity contribution in [3.63, 3.8) is 0 Å². The molecular weight excluding hydrogens is 222 g/mol. The summed E-state index contributed by atoms with van der Waals surface area (Å²) in [6.45, 7) is 5.03. The first-order valence-electron chi connectivity index (χ1n) is 6.00. The zero-order valence-electron chi connectivity index (χ0n) is 9.72. The number of hydrogen-bond acceptors (Lipinski definition) is 5. The summed E-state index contributed by atoms with van der Waals surface area (Å²) >= 11 is 1.79. The Hall–Kier alpha value is -0.620. The molecule has 90 valence electrons. The number of nitrogens with zero attached hydrogens (tertiary/aromatic N) is 4. The van der Waals surface area contributed by atoms with Crippen molar-refractivity contribution in [2.75, 3.05) is 18.8 Å². The van der Waals surface area contributed by atoms with Gasteiger partial charge in [-0.15, -0.1) is 5.10 Å². The van der Waals surface area contributed by atoms with Gasteiger partial charge in [0.15, 0.2) is 0 Å². The molecule has 0 bridgehead atoms. The summed E-state index contributed by atoms with van der Waals surface area (Å²) in [5, 5.41) is 16.1. The summed E-state index contributed by atoms with van der Waals surface area (Å²) < 4.78 is 1.90. The van der Waals surface area contributed by atoms with Crippen molar-refractivity contribution in [3.05, 3.63) is 0 Å². The van der Waals surface area contributed by atoms with E-state index in [4.69, 9.17) is 0 Å². The van der Waals surface area contributed by atoms with Crippen molar-refractivity contribution in [1.82, 2.24) is 25.5 Å². The fraction of sp³-hybridized carbons (Fsp3) is 0.900. The molecule has 1 aliphatic rings. The third-order valence-electron chi connectivity index (χ3n) is 2.57. The molecule has 0 saturated heterocycles. The average Bonchev–Trinajstić information content (AvgIpc) is 3.02. The molecule has 0 unspecified atom stereocenters. The van der Waals surface area contributed by atoms with Crippen LogP contribution in [0.15, 0.2) is 5.16 Å². The highest BCUT2D eigenvalue weighted by molar-refractivity contribution is 7.99. The van der Waals surface area contributed by atoms with Gasteiger partial charge in [-0.25, -0.2) is 4.68 Å². The van der Waals surface area contributed by atoms with Crippen LogP contribution in [-0.4, -0.2) is 39.0 Å². The number of rotatable bonds is 8. The zero-order valence-corrected chi connectivity index (χ0v) is 10.5. The minimum Gasteiger partial charge on any atom is -0.315 e. The topological polar surface area (TPSA) is 55.6 Å². The monoisotopic (exact) mass is 241 g/mol. The second-order valence-electron chi connectivity index (χ2n) is 4.19. The van der Waals surface area contributed by atoms with Crippen molar-refractivity contribution in [2.45, 2.75) is 37.9 Å². The molecule has 1 aromatic rings. The van der Waals surface area contributed by atoms with E-state index in [0.717, 1.165) is 30.7 Å². The molecular formula is C10H19N5S. The minimum absolute atomic E-state index is 0.861. The van der Waals surface area contributed by atoms with Crippen LogP contribution in [-0.2, 0) is 6.54 Å². The van der Waals surface area contributed by atoms with Gasteiger partial charge in [0, 0.05) is 12.3 Å². The van der Waals surface area contributed by atoms with Crippen LogP contribution in [0.2, 0.25) is 0 Å². The van der Waals surface area contributed by atoms with E-state index in [0.29, 0.717) is 0 Å². The van der Waals surface area contributed by atoms with Crippen LogP contribution >= 0.6 is 11.8 Å². The van der Waals surface area contributed by atoms with E-state index >= 15 is 0 Å². The highest BCUT2D eigenvalue weighted by Gasteiger charge is 2.22. The van der Waals surface area contributed by atoms with E-state index in [1.54, 1.807) is 11.8 Å². The molecule has 0 amide bonds. The first-order valence-corrected chi connectivity index (χ1v) is 6.98. The van der Waals surface area contributed by atoms with Crippen molar-refractivity contribution >= 4 is 11.8 Å². The SMILES string of the molecule is CCCNCCn1nnnc1SCC1CC1. The summed E-state index contributed by atoms with van der Waals surface area (Å²) in [7, 11) is 0. The van der Waals surface area contributed by atoms with Crippen LogP contribution in [0.25, 0.3) is 0 Å². The summed E-state index contributed by atoms with van der Waals surface area (Å²) in [6.07, 6.45) is 3.93. The average molecular weight is 241 g/mol. The Morgan fingerprint density at radius 2 is 2.31 bits per heavy atom. The number of hydrogen-bond donors (Lipinski definition) is 1.